The van der Waals surface area contributed by atoms with E-state index in [4.69, 9.17) is 14.6 Å². The number of aromatic nitrogens is 2. The van der Waals surface area contributed by atoms with Crippen molar-refractivity contribution < 1.29 is 14.6 Å². The van der Waals surface area contributed by atoms with E-state index in [2.05, 4.69) is 21.8 Å². The number of H-pyrrole nitrogens is 1. The van der Waals surface area contributed by atoms with Crippen LogP contribution in [0.3, 0.4) is 0 Å². The van der Waals surface area contributed by atoms with Crippen LogP contribution in [-0.4, -0.2) is 35.9 Å². The molecule has 3 aromatic rings. The fourth-order valence-electron chi connectivity index (χ4n) is 2.46. The first-order valence-electron chi connectivity index (χ1n) is 7.56. The monoisotopic (exact) mass is 322 g/mol. The van der Waals surface area contributed by atoms with Crippen molar-refractivity contribution in [3.05, 3.63) is 42.1 Å². The minimum atomic E-state index is 0.0658. The third-order valence-corrected chi connectivity index (χ3v) is 3.63. The number of methoxy groups -OCH3 is 2. The van der Waals surface area contributed by atoms with Crippen LogP contribution in [0.25, 0.3) is 22.3 Å². The van der Waals surface area contributed by atoms with Gasteiger partial charge >= 0.3 is 0 Å². The second-order valence-corrected chi connectivity index (χ2v) is 5.19. The number of pyridine rings is 1. The third kappa shape index (κ3) is 3.19. The zero-order valence-electron chi connectivity index (χ0n) is 13.6. The van der Waals surface area contributed by atoms with Gasteiger partial charge in [-0.05, 0) is 30.3 Å². The summed E-state index contributed by atoms with van der Waals surface area (Å²) in [5.41, 5.74) is 3.55. The summed E-state index contributed by atoms with van der Waals surface area (Å²) in [6.45, 7) is 0.0658. The van der Waals surface area contributed by atoms with E-state index in [1.165, 1.54) is 0 Å². The van der Waals surface area contributed by atoms with E-state index >= 15 is 0 Å². The summed E-state index contributed by atoms with van der Waals surface area (Å²) in [5.74, 6) is 7.27. The van der Waals surface area contributed by atoms with Crippen LogP contribution in [0.4, 0.5) is 0 Å². The first-order valence-corrected chi connectivity index (χ1v) is 7.56. The highest BCUT2D eigenvalue weighted by Gasteiger charge is 2.09. The number of ether oxygens (including phenoxy) is 2. The van der Waals surface area contributed by atoms with Crippen LogP contribution in [0.1, 0.15) is 12.0 Å². The number of benzene rings is 1. The number of hydrogen-bond acceptors (Lipinski definition) is 4. The Morgan fingerprint density at radius 1 is 1.12 bits per heavy atom. The topological polar surface area (TPSA) is 67.4 Å². The lowest BCUT2D eigenvalue weighted by Crippen LogP contribution is -1.90. The molecule has 5 heteroatoms. The molecule has 2 N–H and O–H groups in total. The Labute approximate surface area is 140 Å². The van der Waals surface area contributed by atoms with Crippen LogP contribution >= 0.6 is 0 Å². The number of rotatable bonds is 4. The van der Waals surface area contributed by atoms with Crippen molar-refractivity contribution in [2.24, 2.45) is 0 Å². The average Bonchev–Trinajstić information content (AvgIpc) is 3.04. The number of nitrogens with zero attached hydrogens (tertiary/aromatic N) is 1. The molecule has 24 heavy (non-hydrogen) atoms. The smallest absolute Gasteiger partial charge is 0.161 e. The molecule has 0 aliphatic rings. The highest BCUT2D eigenvalue weighted by Crippen LogP contribution is 2.32. The van der Waals surface area contributed by atoms with Gasteiger partial charge in [-0.3, -0.25) is 0 Å². The number of fused-ring (bicyclic) bond motifs is 1. The number of aromatic amines is 1. The molecule has 0 spiro atoms. The SMILES string of the molecule is COc1ccc(-c2cc3cc(C#CCCO)cnc3[nH]2)cc1OC. The normalized spacial score (nSPS) is 10.3. The van der Waals surface area contributed by atoms with Crippen molar-refractivity contribution in [1.29, 1.82) is 0 Å². The molecule has 0 bridgehead atoms. The van der Waals surface area contributed by atoms with E-state index in [9.17, 15) is 0 Å². The molecule has 122 valence electrons. The summed E-state index contributed by atoms with van der Waals surface area (Å²) in [6, 6.07) is 9.77. The van der Waals surface area contributed by atoms with Gasteiger partial charge in [0.2, 0.25) is 0 Å². The fourth-order valence-corrected chi connectivity index (χ4v) is 2.46. The van der Waals surface area contributed by atoms with Gasteiger partial charge in [-0.2, -0.15) is 0 Å². The van der Waals surface area contributed by atoms with E-state index in [1.807, 2.05) is 30.3 Å². The lowest BCUT2D eigenvalue weighted by atomic mass is 10.1. The molecule has 0 aliphatic heterocycles. The Balaban J connectivity index is 1.98. The zero-order valence-corrected chi connectivity index (χ0v) is 13.6. The molecule has 1 aromatic carbocycles. The maximum atomic E-state index is 8.78. The lowest BCUT2D eigenvalue weighted by molar-refractivity contribution is 0.305. The summed E-state index contributed by atoms with van der Waals surface area (Å²) >= 11 is 0. The van der Waals surface area contributed by atoms with Gasteiger partial charge in [0.25, 0.3) is 0 Å². The first kappa shape index (κ1) is 15.9. The quantitative estimate of drug-likeness (QED) is 0.725. The van der Waals surface area contributed by atoms with Crippen molar-refractivity contribution in [3.63, 3.8) is 0 Å². The van der Waals surface area contributed by atoms with Crippen molar-refractivity contribution >= 4 is 11.0 Å². The molecule has 5 nitrogen and oxygen atoms in total. The highest BCUT2D eigenvalue weighted by molar-refractivity contribution is 5.84. The predicted octanol–water partition coefficient (Wildman–Crippen LogP) is 2.98. The molecule has 2 aromatic heterocycles. The first-order chi connectivity index (χ1) is 11.7. The van der Waals surface area contributed by atoms with E-state index < -0.39 is 0 Å². The third-order valence-electron chi connectivity index (χ3n) is 3.63. The maximum absolute atomic E-state index is 8.78. The standard InChI is InChI=1S/C19H18N2O3/c1-23-17-7-6-14(11-18(17)24-2)16-10-15-9-13(5-3-4-8-22)12-20-19(15)21-16/h6-7,9-12,22H,4,8H2,1-2H3,(H,20,21). The molecule has 0 atom stereocenters. The Bertz CT molecular complexity index is 919. The minimum Gasteiger partial charge on any atom is -0.493 e. The van der Waals surface area contributed by atoms with Gasteiger partial charge in [-0.25, -0.2) is 4.98 Å². The summed E-state index contributed by atoms with van der Waals surface area (Å²) < 4.78 is 10.6. The second-order valence-electron chi connectivity index (χ2n) is 5.19. The van der Waals surface area contributed by atoms with Crippen molar-refractivity contribution in [2.45, 2.75) is 6.42 Å². The summed E-state index contributed by atoms with van der Waals surface area (Å²) in [4.78, 5) is 7.71. The van der Waals surface area contributed by atoms with E-state index in [0.29, 0.717) is 17.9 Å². The average molecular weight is 322 g/mol. The van der Waals surface area contributed by atoms with Gasteiger partial charge in [0.1, 0.15) is 5.65 Å². The Morgan fingerprint density at radius 3 is 2.71 bits per heavy atom. The number of aliphatic hydroxyl groups excluding tert-OH is 1. The lowest BCUT2D eigenvalue weighted by Gasteiger charge is -2.08. The molecule has 0 unspecified atom stereocenters. The second kappa shape index (κ2) is 7.07. The minimum absolute atomic E-state index is 0.0658. The van der Waals surface area contributed by atoms with Crippen LogP contribution < -0.4 is 9.47 Å². The summed E-state index contributed by atoms with van der Waals surface area (Å²) in [7, 11) is 3.23. The van der Waals surface area contributed by atoms with Gasteiger partial charge in [-0.1, -0.05) is 11.8 Å². The van der Waals surface area contributed by atoms with Gasteiger partial charge in [0, 0.05) is 34.8 Å². The van der Waals surface area contributed by atoms with Gasteiger partial charge in [-0.15, -0.1) is 0 Å². The summed E-state index contributed by atoms with van der Waals surface area (Å²) in [5, 5.41) is 9.77. The van der Waals surface area contributed by atoms with Crippen LogP contribution in [0.5, 0.6) is 11.5 Å². The molecule has 0 amide bonds. The predicted molar refractivity (Wildman–Crippen MR) is 93.2 cm³/mol. The van der Waals surface area contributed by atoms with E-state index in [-0.39, 0.29) is 6.61 Å². The zero-order chi connectivity index (χ0) is 16.9. The van der Waals surface area contributed by atoms with Crippen LogP contribution in [0, 0.1) is 11.8 Å². The molecule has 3 rings (SSSR count). The Hall–Kier alpha value is -2.97. The maximum Gasteiger partial charge on any atom is 0.161 e. The molecule has 2 heterocycles. The van der Waals surface area contributed by atoms with Crippen molar-refractivity contribution in [2.75, 3.05) is 20.8 Å². The molecule has 0 aliphatic carbocycles. The van der Waals surface area contributed by atoms with Gasteiger partial charge in [0.15, 0.2) is 11.5 Å². The van der Waals surface area contributed by atoms with Crippen LogP contribution in [0.15, 0.2) is 36.5 Å². The molecular weight excluding hydrogens is 304 g/mol. The fraction of sp³-hybridized carbons (Fsp3) is 0.211. The van der Waals surface area contributed by atoms with Crippen molar-refractivity contribution in [3.8, 4) is 34.6 Å². The Morgan fingerprint density at radius 2 is 1.96 bits per heavy atom. The molecule has 0 saturated heterocycles. The largest absolute Gasteiger partial charge is 0.493 e. The highest BCUT2D eigenvalue weighted by atomic mass is 16.5. The number of aliphatic hydroxyl groups is 1. The van der Waals surface area contributed by atoms with Gasteiger partial charge < -0.3 is 19.6 Å². The number of hydrogen-bond donors (Lipinski definition) is 2. The molecule has 0 radical (unpaired) electrons. The molecule has 0 saturated carbocycles. The van der Waals surface area contributed by atoms with E-state index in [1.54, 1.807) is 20.4 Å². The van der Waals surface area contributed by atoms with E-state index in [0.717, 1.165) is 27.9 Å². The number of nitrogens with one attached hydrogen (secondary N) is 1. The van der Waals surface area contributed by atoms with Crippen LogP contribution in [0.2, 0.25) is 0 Å². The van der Waals surface area contributed by atoms with Gasteiger partial charge in [0.05, 0.1) is 20.8 Å². The summed E-state index contributed by atoms with van der Waals surface area (Å²) in [6.07, 6.45) is 2.18. The van der Waals surface area contributed by atoms with Crippen molar-refractivity contribution in [1.82, 2.24) is 9.97 Å². The van der Waals surface area contributed by atoms with Crippen LogP contribution in [-0.2, 0) is 0 Å². The molecule has 0 fully saturated rings. The molecular formula is C19H18N2O3. The Kier molecular flexibility index (Phi) is 4.69.